The van der Waals surface area contributed by atoms with Crippen LogP contribution in [-0.4, -0.2) is 26.4 Å². The van der Waals surface area contributed by atoms with Crippen molar-refractivity contribution in [3.63, 3.8) is 0 Å². The Labute approximate surface area is 80.6 Å². The molecule has 2 saturated heterocycles. The first-order valence-corrected chi connectivity index (χ1v) is 5.45. The van der Waals surface area contributed by atoms with Crippen LogP contribution in [0.15, 0.2) is 0 Å². The molecular weight excluding hydrogens is 164 g/mol. The highest BCUT2D eigenvalue weighted by molar-refractivity contribution is 4.86. The molecule has 13 heavy (non-hydrogen) atoms. The Morgan fingerprint density at radius 3 is 1.77 bits per heavy atom. The van der Waals surface area contributed by atoms with Gasteiger partial charge in [0, 0.05) is 26.4 Å². The Hall–Kier alpha value is -0.0800. The summed E-state index contributed by atoms with van der Waals surface area (Å²) in [7, 11) is 0. The largest absolute Gasteiger partial charge is 0.381 e. The van der Waals surface area contributed by atoms with Crippen molar-refractivity contribution in [3.05, 3.63) is 6.42 Å². The molecule has 2 heterocycles. The summed E-state index contributed by atoms with van der Waals surface area (Å²) in [6.07, 6.45) is 7.56. The van der Waals surface area contributed by atoms with E-state index >= 15 is 0 Å². The van der Waals surface area contributed by atoms with Crippen molar-refractivity contribution in [2.75, 3.05) is 26.4 Å². The molecule has 2 fully saturated rings. The van der Waals surface area contributed by atoms with Gasteiger partial charge in [-0.1, -0.05) is 0 Å². The Balaban J connectivity index is 1.69. The van der Waals surface area contributed by atoms with Crippen LogP contribution < -0.4 is 0 Å². The Morgan fingerprint density at radius 1 is 0.846 bits per heavy atom. The zero-order chi connectivity index (χ0) is 8.93. The number of hydrogen-bond donors (Lipinski definition) is 0. The molecule has 0 aliphatic carbocycles. The molecule has 0 bridgehead atoms. The lowest BCUT2D eigenvalue weighted by Gasteiger charge is -2.28. The summed E-state index contributed by atoms with van der Waals surface area (Å²) in [6.45, 7) is 3.81. The van der Waals surface area contributed by atoms with Gasteiger partial charge in [-0.25, -0.2) is 0 Å². The van der Waals surface area contributed by atoms with E-state index in [-0.39, 0.29) is 0 Å². The minimum Gasteiger partial charge on any atom is -0.381 e. The van der Waals surface area contributed by atoms with Crippen LogP contribution in [0.5, 0.6) is 0 Å². The maximum absolute atomic E-state index is 5.45. The molecule has 2 aliphatic heterocycles. The van der Waals surface area contributed by atoms with Crippen LogP contribution in [0, 0.1) is 18.3 Å². The van der Waals surface area contributed by atoms with E-state index in [1.54, 1.807) is 0 Å². The zero-order valence-corrected chi connectivity index (χ0v) is 8.21. The predicted octanol–water partition coefficient (Wildman–Crippen LogP) is 2.04. The first-order valence-electron chi connectivity index (χ1n) is 5.45. The lowest BCUT2D eigenvalue weighted by atomic mass is 9.87. The van der Waals surface area contributed by atoms with Crippen molar-refractivity contribution < 1.29 is 9.47 Å². The topological polar surface area (TPSA) is 18.5 Å². The van der Waals surface area contributed by atoms with E-state index in [1.165, 1.54) is 25.7 Å². The van der Waals surface area contributed by atoms with Gasteiger partial charge in [-0.15, -0.1) is 0 Å². The Kier molecular flexibility index (Phi) is 3.62. The summed E-state index contributed by atoms with van der Waals surface area (Å²) >= 11 is 0. The average Bonchev–Trinajstić information content (AvgIpc) is 2.21. The van der Waals surface area contributed by atoms with Crippen molar-refractivity contribution in [2.24, 2.45) is 11.8 Å². The molecule has 0 spiro atoms. The highest BCUT2D eigenvalue weighted by atomic mass is 16.5. The second-order valence-electron chi connectivity index (χ2n) is 4.15. The van der Waals surface area contributed by atoms with Crippen LogP contribution in [0.1, 0.15) is 25.7 Å². The van der Waals surface area contributed by atoms with Crippen LogP contribution >= 0.6 is 0 Å². The van der Waals surface area contributed by atoms with Gasteiger partial charge in [0.25, 0.3) is 0 Å². The Morgan fingerprint density at radius 2 is 1.38 bits per heavy atom. The van der Waals surface area contributed by atoms with E-state index in [2.05, 4.69) is 6.42 Å². The molecule has 2 nitrogen and oxygen atoms in total. The fraction of sp³-hybridized carbons (Fsp3) is 0.909. The van der Waals surface area contributed by atoms with Crippen LogP contribution in [0.3, 0.4) is 0 Å². The third-order valence-electron chi connectivity index (χ3n) is 2.94. The van der Waals surface area contributed by atoms with Crippen LogP contribution in [0.4, 0.5) is 0 Å². The lowest BCUT2D eigenvalue weighted by molar-refractivity contribution is 0.0381. The summed E-state index contributed by atoms with van der Waals surface area (Å²) in [5, 5.41) is 0. The van der Waals surface area contributed by atoms with Gasteiger partial charge in [-0.05, 0) is 43.9 Å². The highest BCUT2D eigenvalue weighted by Gasteiger charge is 2.21. The molecule has 2 rings (SSSR count). The third kappa shape index (κ3) is 2.96. The molecule has 0 aromatic heterocycles. The molecule has 0 aromatic rings. The average molecular weight is 183 g/mol. The second kappa shape index (κ2) is 4.97. The normalized spacial score (nSPS) is 36.0. The number of hydrogen-bond acceptors (Lipinski definition) is 2. The maximum Gasteiger partial charge on any atom is 0.0497 e. The maximum atomic E-state index is 5.45. The summed E-state index contributed by atoms with van der Waals surface area (Å²) in [5.74, 6) is 1.39. The SMILES string of the molecule is [CH](C1CCCOC1)C1CCCOC1. The number of rotatable bonds is 2. The molecule has 0 aromatic carbocycles. The monoisotopic (exact) mass is 183 g/mol. The molecule has 2 atom stereocenters. The zero-order valence-electron chi connectivity index (χ0n) is 8.21. The number of ether oxygens (including phenoxy) is 2. The first kappa shape index (κ1) is 9.47. The molecule has 0 N–H and O–H groups in total. The van der Waals surface area contributed by atoms with E-state index in [1.807, 2.05) is 0 Å². The van der Waals surface area contributed by atoms with Crippen molar-refractivity contribution in [1.82, 2.24) is 0 Å². The molecule has 1 radical (unpaired) electrons. The smallest absolute Gasteiger partial charge is 0.0497 e. The standard InChI is InChI=1S/C11H19O2/c1-3-10(8-12-5-1)7-11-4-2-6-13-9-11/h7,10-11H,1-6,8-9H2. The van der Waals surface area contributed by atoms with E-state index < -0.39 is 0 Å². The van der Waals surface area contributed by atoms with Gasteiger partial charge >= 0.3 is 0 Å². The van der Waals surface area contributed by atoms with Gasteiger partial charge in [0.15, 0.2) is 0 Å². The van der Waals surface area contributed by atoms with Gasteiger partial charge in [0.2, 0.25) is 0 Å². The van der Waals surface area contributed by atoms with Crippen LogP contribution in [0.25, 0.3) is 0 Å². The van der Waals surface area contributed by atoms with Gasteiger partial charge in [0.1, 0.15) is 0 Å². The predicted molar refractivity (Wildman–Crippen MR) is 51.4 cm³/mol. The lowest BCUT2D eigenvalue weighted by Crippen LogP contribution is -2.25. The second-order valence-corrected chi connectivity index (χ2v) is 4.15. The van der Waals surface area contributed by atoms with Gasteiger partial charge < -0.3 is 9.47 Å². The summed E-state index contributed by atoms with van der Waals surface area (Å²) in [5.41, 5.74) is 0. The van der Waals surface area contributed by atoms with Gasteiger partial charge in [0.05, 0.1) is 0 Å². The van der Waals surface area contributed by atoms with Crippen molar-refractivity contribution >= 4 is 0 Å². The van der Waals surface area contributed by atoms with E-state index in [9.17, 15) is 0 Å². The first-order chi connectivity index (χ1) is 6.45. The van der Waals surface area contributed by atoms with Crippen molar-refractivity contribution in [1.29, 1.82) is 0 Å². The van der Waals surface area contributed by atoms with Gasteiger partial charge in [-0.3, -0.25) is 0 Å². The van der Waals surface area contributed by atoms with E-state index in [4.69, 9.17) is 9.47 Å². The van der Waals surface area contributed by atoms with E-state index in [0.717, 1.165) is 26.4 Å². The molecule has 75 valence electrons. The van der Waals surface area contributed by atoms with Crippen LogP contribution in [0.2, 0.25) is 0 Å². The third-order valence-corrected chi connectivity index (χ3v) is 2.94. The molecule has 0 amide bonds. The minimum absolute atomic E-state index is 0.695. The fourth-order valence-electron chi connectivity index (χ4n) is 2.22. The molecule has 2 aliphatic rings. The van der Waals surface area contributed by atoms with Crippen molar-refractivity contribution in [3.8, 4) is 0 Å². The van der Waals surface area contributed by atoms with Crippen LogP contribution in [-0.2, 0) is 9.47 Å². The molecular formula is C11H19O2. The fourth-order valence-corrected chi connectivity index (χ4v) is 2.22. The summed E-state index contributed by atoms with van der Waals surface area (Å²) in [4.78, 5) is 0. The quantitative estimate of drug-likeness (QED) is 0.652. The minimum atomic E-state index is 0.695. The highest BCUT2D eigenvalue weighted by Crippen LogP contribution is 2.25. The van der Waals surface area contributed by atoms with E-state index in [0.29, 0.717) is 11.8 Å². The summed E-state index contributed by atoms with van der Waals surface area (Å²) < 4.78 is 10.9. The molecule has 0 saturated carbocycles. The van der Waals surface area contributed by atoms with Gasteiger partial charge in [-0.2, -0.15) is 0 Å². The molecule has 2 heteroatoms. The van der Waals surface area contributed by atoms with Crippen molar-refractivity contribution in [2.45, 2.75) is 25.7 Å². The molecule has 2 unspecified atom stereocenters. The summed E-state index contributed by atoms with van der Waals surface area (Å²) in [6, 6.07) is 0. The Bertz CT molecular complexity index is 119.